The van der Waals surface area contributed by atoms with E-state index in [1.165, 1.54) is 11.1 Å². The van der Waals surface area contributed by atoms with E-state index in [-0.39, 0.29) is 5.56 Å². The molecule has 8 aromatic rings. The Morgan fingerprint density at radius 1 is 0.362 bits per heavy atom. The Morgan fingerprint density at radius 2 is 0.936 bits per heavy atom. The first-order valence-corrected chi connectivity index (χ1v) is 15.9. The van der Waals surface area contributed by atoms with E-state index in [1.807, 2.05) is 28.7 Å². The van der Waals surface area contributed by atoms with Crippen LogP contribution in [-0.2, 0) is 0 Å². The average molecular weight is 602 g/mol. The van der Waals surface area contributed by atoms with Crippen LogP contribution < -0.4 is 5.56 Å². The van der Waals surface area contributed by atoms with Crippen molar-refractivity contribution in [2.45, 2.75) is 0 Å². The van der Waals surface area contributed by atoms with E-state index < -0.39 is 0 Å². The molecule has 2 aliphatic heterocycles. The molecule has 0 bridgehead atoms. The van der Waals surface area contributed by atoms with Gasteiger partial charge in [0, 0.05) is 16.5 Å². The van der Waals surface area contributed by atoms with Gasteiger partial charge in [-0.15, -0.1) is 0 Å². The molecular weight excluding hydrogens is 574 g/mol. The van der Waals surface area contributed by atoms with Crippen molar-refractivity contribution in [3.05, 3.63) is 174 Å². The normalized spacial score (nSPS) is 11.9. The minimum absolute atomic E-state index is 0.00352. The summed E-state index contributed by atoms with van der Waals surface area (Å²) < 4.78 is 6.65. The highest BCUT2D eigenvalue weighted by Gasteiger charge is 2.24. The van der Waals surface area contributed by atoms with Crippen molar-refractivity contribution >= 4 is 49.3 Å². The molecule has 0 saturated heterocycles. The lowest BCUT2D eigenvalue weighted by Gasteiger charge is -2.28. The number of pyridine rings is 1. The van der Waals surface area contributed by atoms with Gasteiger partial charge in [-0.2, -0.15) is 0 Å². The third-order valence-corrected chi connectivity index (χ3v) is 9.63. The SMILES string of the molecule is O=c1c2ccccc2c2cccc3c2n1c1cccc2c1-n3c1cc(-c3ccccc3)ccc1n2-c1ccc(-c2ccccc2)cc1. The highest BCUT2D eigenvalue weighted by Crippen LogP contribution is 2.40. The van der Waals surface area contributed by atoms with Crippen LogP contribution in [0.1, 0.15) is 0 Å². The van der Waals surface area contributed by atoms with Crippen molar-refractivity contribution in [1.29, 1.82) is 0 Å². The van der Waals surface area contributed by atoms with Gasteiger partial charge in [-0.1, -0.05) is 115 Å². The van der Waals surface area contributed by atoms with Gasteiger partial charge in [0.05, 0.1) is 38.8 Å². The van der Waals surface area contributed by atoms with Gasteiger partial charge in [0.1, 0.15) is 0 Å². The van der Waals surface area contributed by atoms with E-state index in [0.29, 0.717) is 0 Å². The van der Waals surface area contributed by atoms with Crippen LogP contribution in [-0.4, -0.2) is 13.5 Å². The fourth-order valence-electron chi connectivity index (χ4n) is 7.54. The van der Waals surface area contributed by atoms with Gasteiger partial charge in [0.25, 0.3) is 5.56 Å². The van der Waals surface area contributed by atoms with E-state index in [2.05, 4.69) is 149 Å². The summed E-state index contributed by atoms with van der Waals surface area (Å²) in [7, 11) is 0. The zero-order valence-corrected chi connectivity index (χ0v) is 25.3. The summed E-state index contributed by atoms with van der Waals surface area (Å²) in [5.74, 6) is 0. The lowest BCUT2D eigenvalue weighted by atomic mass is 10.0. The molecule has 3 heterocycles. The lowest BCUT2D eigenvalue weighted by molar-refractivity contribution is 1.04. The van der Waals surface area contributed by atoms with E-state index in [1.54, 1.807) is 0 Å². The maximum Gasteiger partial charge on any atom is 0.263 e. The first kappa shape index (κ1) is 25.9. The predicted molar refractivity (Wildman–Crippen MR) is 194 cm³/mol. The number of fused-ring (bicyclic) bond motifs is 6. The van der Waals surface area contributed by atoms with Crippen LogP contribution in [0.25, 0.3) is 82.9 Å². The van der Waals surface area contributed by atoms with Gasteiger partial charge in [-0.05, 0) is 76.2 Å². The molecule has 0 amide bonds. The molecule has 2 aliphatic rings. The second-order valence-corrected chi connectivity index (χ2v) is 12.2. The molecule has 0 saturated carbocycles. The monoisotopic (exact) mass is 601 g/mol. The molecule has 47 heavy (non-hydrogen) atoms. The highest BCUT2D eigenvalue weighted by molar-refractivity contribution is 6.14. The highest BCUT2D eigenvalue weighted by atomic mass is 16.1. The summed E-state index contributed by atoms with van der Waals surface area (Å²) in [6.07, 6.45) is 0. The Hall–Kier alpha value is -6.39. The van der Waals surface area contributed by atoms with Crippen LogP contribution in [0.15, 0.2) is 169 Å². The zero-order chi connectivity index (χ0) is 31.1. The van der Waals surface area contributed by atoms with Crippen LogP contribution in [0.5, 0.6) is 0 Å². The average Bonchev–Trinajstić information content (AvgIpc) is 3.15. The zero-order valence-electron chi connectivity index (χ0n) is 25.3. The molecule has 7 aromatic carbocycles. The molecule has 0 aliphatic carbocycles. The fourth-order valence-corrected chi connectivity index (χ4v) is 7.54. The number of hydrogen-bond acceptors (Lipinski definition) is 1. The molecule has 0 fully saturated rings. The van der Waals surface area contributed by atoms with Gasteiger partial charge in [-0.3, -0.25) is 9.20 Å². The maximum absolute atomic E-state index is 14.4. The second-order valence-electron chi connectivity index (χ2n) is 12.2. The van der Waals surface area contributed by atoms with Gasteiger partial charge in [0.15, 0.2) is 0 Å². The maximum atomic E-state index is 14.4. The second kappa shape index (κ2) is 9.80. The molecule has 220 valence electrons. The number of nitrogens with zero attached hydrogens (tertiary/aromatic N) is 3. The van der Waals surface area contributed by atoms with Crippen molar-refractivity contribution in [3.63, 3.8) is 0 Å². The Morgan fingerprint density at radius 3 is 1.70 bits per heavy atom. The fraction of sp³-hybridized carbons (Fsp3) is 0. The lowest BCUT2D eigenvalue weighted by Crippen LogP contribution is -2.21. The smallest absolute Gasteiger partial charge is 0.263 e. The third-order valence-electron chi connectivity index (χ3n) is 9.63. The molecule has 10 rings (SSSR count). The molecule has 0 radical (unpaired) electrons. The van der Waals surface area contributed by atoms with Crippen LogP contribution >= 0.6 is 0 Å². The largest absolute Gasteiger partial charge is 0.306 e. The van der Waals surface area contributed by atoms with Gasteiger partial charge >= 0.3 is 0 Å². The predicted octanol–water partition coefficient (Wildman–Crippen LogP) is 10.3. The molecule has 0 spiro atoms. The molecule has 0 unspecified atom stereocenters. The summed E-state index contributed by atoms with van der Waals surface area (Å²) in [6.45, 7) is 0. The van der Waals surface area contributed by atoms with Crippen molar-refractivity contribution < 1.29 is 0 Å². The number of benzene rings is 7. The number of aromatic nitrogens is 3. The van der Waals surface area contributed by atoms with Crippen LogP contribution in [0, 0.1) is 0 Å². The topological polar surface area (TPSA) is 31.3 Å². The Balaban J connectivity index is 1.41. The van der Waals surface area contributed by atoms with Crippen molar-refractivity contribution in [2.24, 2.45) is 0 Å². The standard InChI is InChI=1S/C43H27N3O/c47-43-35-16-8-7-15-33(35)34-17-9-18-37-41(34)46(43)39-20-10-19-38-42(39)45(37)40-27-31(29-13-5-2-6-14-29)23-26-36(40)44(38)32-24-21-30(22-25-32)28-11-3-1-4-12-28/h1-27H. The van der Waals surface area contributed by atoms with Crippen molar-refractivity contribution in [3.8, 4) is 33.6 Å². The molecule has 4 nitrogen and oxygen atoms in total. The van der Waals surface area contributed by atoms with E-state index in [4.69, 9.17) is 0 Å². The van der Waals surface area contributed by atoms with Gasteiger partial charge in [-0.25, -0.2) is 0 Å². The first-order valence-electron chi connectivity index (χ1n) is 15.9. The quantitative estimate of drug-likeness (QED) is 0.146. The minimum Gasteiger partial charge on any atom is -0.306 e. The first-order chi connectivity index (χ1) is 23.3. The van der Waals surface area contributed by atoms with E-state index in [9.17, 15) is 4.79 Å². The Bertz CT molecular complexity index is 2840. The number of hydrogen-bond donors (Lipinski definition) is 0. The summed E-state index contributed by atoms with van der Waals surface area (Å²) in [4.78, 5) is 14.4. The summed E-state index contributed by atoms with van der Waals surface area (Å²) >= 11 is 0. The van der Waals surface area contributed by atoms with E-state index in [0.717, 1.165) is 71.8 Å². The Kier molecular flexibility index (Phi) is 5.40. The molecule has 4 heteroatoms. The summed E-state index contributed by atoms with van der Waals surface area (Å²) in [6, 6.07) is 57.2. The third kappa shape index (κ3) is 3.67. The number of para-hydroxylation sites is 2. The van der Waals surface area contributed by atoms with Crippen LogP contribution in [0.2, 0.25) is 0 Å². The summed E-state index contributed by atoms with van der Waals surface area (Å²) in [5.41, 5.74) is 12.7. The van der Waals surface area contributed by atoms with Crippen LogP contribution in [0.3, 0.4) is 0 Å². The molecule has 0 atom stereocenters. The Labute approximate surface area is 269 Å². The van der Waals surface area contributed by atoms with Crippen molar-refractivity contribution in [1.82, 2.24) is 13.5 Å². The van der Waals surface area contributed by atoms with Crippen molar-refractivity contribution in [2.75, 3.05) is 0 Å². The van der Waals surface area contributed by atoms with E-state index >= 15 is 0 Å². The molecule has 0 N–H and O–H groups in total. The number of rotatable bonds is 3. The van der Waals surface area contributed by atoms with Gasteiger partial charge < -0.3 is 9.13 Å². The minimum atomic E-state index is -0.00352. The van der Waals surface area contributed by atoms with Crippen LogP contribution in [0.4, 0.5) is 0 Å². The molecular formula is C43H27N3O. The van der Waals surface area contributed by atoms with Gasteiger partial charge in [0.2, 0.25) is 0 Å². The summed E-state index contributed by atoms with van der Waals surface area (Å²) in [5, 5.41) is 2.76. The molecule has 1 aromatic heterocycles.